The normalized spacial score (nSPS) is 14.2. The Bertz CT molecular complexity index is 343. The van der Waals surface area contributed by atoms with Gasteiger partial charge in [0.15, 0.2) is 0 Å². The number of hydrogen-bond donors (Lipinski definition) is 1. The van der Waals surface area contributed by atoms with Gasteiger partial charge in [0.1, 0.15) is 0 Å². The molecule has 2 atom stereocenters. The van der Waals surface area contributed by atoms with Crippen molar-refractivity contribution >= 4 is 5.69 Å². The molecule has 0 saturated heterocycles. The second-order valence-electron chi connectivity index (χ2n) is 5.91. The Balaban J connectivity index is 2.38. The van der Waals surface area contributed by atoms with Gasteiger partial charge in [-0.2, -0.15) is 0 Å². The molecule has 0 aliphatic carbocycles. The van der Waals surface area contributed by atoms with Crippen LogP contribution < -0.4 is 10.6 Å². The third-order valence-electron chi connectivity index (χ3n) is 3.73. The van der Waals surface area contributed by atoms with Gasteiger partial charge in [0.25, 0.3) is 0 Å². The number of anilines is 1. The Kier molecular flexibility index (Phi) is 6.93. The van der Waals surface area contributed by atoms with Crippen molar-refractivity contribution in [2.24, 2.45) is 11.7 Å². The Morgan fingerprint density at radius 3 is 2.26 bits per heavy atom. The molecule has 0 fully saturated rings. The highest BCUT2D eigenvalue weighted by Gasteiger charge is 2.08. The summed E-state index contributed by atoms with van der Waals surface area (Å²) in [6.07, 6.45) is 4.75. The summed E-state index contributed by atoms with van der Waals surface area (Å²) in [5.74, 6) is 0.717. The van der Waals surface area contributed by atoms with Crippen molar-refractivity contribution in [1.29, 1.82) is 0 Å². The van der Waals surface area contributed by atoms with Gasteiger partial charge in [0.2, 0.25) is 0 Å². The van der Waals surface area contributed by atoms with E-state index in [4.69, 9.17) is 5.73 Å². The van der Waals surface area contributed by atoms with Gasteiger partial charge in [0.05, 0.1) is 0 Å². The molecule has 0 aliphatic rings. The van der Waals surface area contributed by atoms with Crippen LogP contribution in [0.25, 0.3) is 0 Å². The van der Waals surface area contributed by atoms with Crippen molar-refractivity contribution in [2.75, 3.05) is 18.5 Å². The van der Waals surface area contributed by atoms with Crippen LogP contribution in [0.2, 0.25) is 0 Å². The molecular weight excluding hydrogens is 232 g/mol. The van der Waals surface area contributed by atoms with Crippen LogP contribution in [0.4, 0.5) is 5.69 Å². The molecule has 0 radical (unpaired) electrons. The van der Waals surface area contributed by atoms with E-state index in [0.717, 1.165) is 25.3 Å². The average molecular weight is 262 g/mol. The van der Waals surface area contributed by atoms with E-state index in [1.807, 2.05) is 0 Å². The summed E-state index contributed by atoms with van der Waals surface area (Å²) in [5.41, 5.74) is 8.51. The van der Waals surface area contributed by atoms with Crippen LogP contribution in [-0.2, 0) is 6.42 Å². The van der Waals surface area contributed by atoms with Crippen LogP contribution in [0.3, 0.4) is 0 Å². The van der Waals surface area contributed by atoms with E-state index in [1.165, 1.54) is 24.1 Å². The molecule has 0 heterocycles. The van der Waals surface area contributed by atoms with Gasteiger partial charge in [-0.15, -0.1) is 0 Å². The summed E-state index contributed by atoms with van der Waals surface area (Å²) in [5, 5.41) is 0. The molecule has 0 spiro atoms. The number of benzene rings is 1. The van der Waals surface area contributed by atoms with Crippen molar-refractivity contribution in [2.45, 2.75) is 52.5 Å². The Labute approximate surface area is 119 Å². The van der Waals surface area contributed by atoms with E-state index < -0.39 is 0 Å². The minimum atomic E-state index is 0.339. The second kappa shape index (κ2) is 8.21. The van der Waals surface area contributed by atoms with Gasteiger partial charge >= 0.3 is 0 Å². The van der Waals surface area contributed by atoms with Crippen LogP contribution in [0.15, 0.2) is 24.3 Å². The number of hydrogen-bond acceptors (Lipinski definition) is 2. The highest BCUT2D eigenvalue weighted by Crippen LogP contribution is 2.17. The first kappa shape index (κ1) is 16.0. The molecule has 2 heteroatoms. The molecule has 2 nitrogen and oxygen atoms in total. The predicted octanol–water partition coefficient (Wildman–Crippen LogP) is 3.84. The van der Waals surface area contributed by atoms with Crippen LogP contribution >= 0.6 is 0 Å². The Morgan fingerprint density at radius 2 is 1.74 bits per heavy atom. The molecule has 0 saturated carbocycles. The van der Waals surface area contributed by atoms with E-state index in [2.05, 4.69) is 57.0 Å². The topological polar surface area (TPSA) is 29.3 Å². The molecular formula is C17H30N2. The molecule has 0 bridgehead atoms. The van der Waals surface area contributed by atoms with E-state index in [0.29, 0.717) is 6.04 Å². The maximum Gasteiger partial charge on any atom is 0.0363 e. The summed E-state index contributed by atoms with van der Waals surface area (Å²) < 4.78 is 0. The fraction of sp³-hybridized carbons (Fsp3) is 0.647. The SMILES string of the molecule is CCc1ccc(N(C)CC(C)CCCC(C)N)cc1. The van der Waals surface area contributed by atoms with E-state index >= 15 is 0 Å². The van der Waals surface area contributed by atoms with Crippen LogP contribution in [0, 0.1) is 5.92 Å². The molecule has 1 rings (SSSR count). The van der Waals surface area contributed by atoms with E-state index in [1.54, 1.807) is 0 Å². The molecule has 2 unspecified atom stereocenters. The molecule has 2 N–H and O–H groups in total. The molecule has 1 aromatic carbocycles. The van der Waals surface area contributed by atoms with Crippen molar-refractivity contribution in [3.05, 3.63) is 29.8 Å². The molecule has 108 valence electrons. The maximum atomic E-state index is 5.79. The summed E-state index contributed by atoms with van der Waals surface area (Å²) >= 11 is 0. The summed E-state index contributed by atoms with van der Waals surface area (Å²) in [4.78, 5) is 2.36. The highest BCUT2D eigenvalue weighted by molar-refractivity contribution is 5.46. The predicted molar refractivity (Wildman–Crippen MR) is 85.8 cm³/mol. The average Bonchev–Trinajstić information content (AvgIpc) is 2.38. The standard InChI is InChI=1S/C17H30N2/c1-5-16-9-11-17(12-10-16)19(4)13-14(2)7-6-8-15(3)18/h9-12,14-15H,5-8,13,18H2,1-4H3. The van der Waals surface area contributed by atoms with E-state index in [-0.39, 0.29) is 0 Å². The largest absolute Gasteiger partial charge is 0.374 e. The lowest BCUT2D eigenvalue weighted by Crippen LogP contribution is -2.24. The zero-order valence-electron chi connectivity index (χ0n) is 13.0. The third kappa shape index (κ3) is 6.11. The number of aryl methyl sites for hydroxylation is 1. The van der Waals surface area contributed by atoms with Crippen molar-refractivity contribution < 1.29 is 0 Å². The third-order valence-corrected chi connectivity index (χ3v) is 3.73. The van der Waals surface area contributed by atoms with Crippen LogP contribution in [0.1, 0.15) is 45.6 Å². The zero-order valence-corrected chi connectivity index (χ0v) is 13.0. The lowest BCUT2D eigenvalue weighted by Gasteiger charge is -2.24. The first-order valence-corrected chi connectivity index (χ1v) is 7.58. The minimum absolute atomic E-state index is 0.339. The Morgan fingerprint density at radius 1 is 1.11 bits per heavy atom. The second-order valence-corrected chi connectivity index (χ2v) is 5.91. The van der Waals surface area contributed by atoms with E-state index in [9.17, 15) is 0 Å². The Hall–Kier alpha value is -1.02. The fourth-order valence-electron chi connectivity index (χ4n) is 2.44. The number of nitrogens with zero attached hydrogens (tertiary/aromatic N) is 1. The van der Waals surface area contributed by atoms with Gasteiger partial charge in [-0.05, 0) is 49.8 Å². The van der Waals surface area contributed by atoms with Gasteiger partial charge < -0.3 is 10.6 Å². The van der Waals surface area contributed by atoms with Crippen LogP contribution in [0.5, 0.6) is 0 Å². The van der Waals surface area contributed by atoms with Crippen molar-refractivity contribution in [3.63, 3.8) is 0 Å². The lowest BCUT2D eigenvalue weighted by atomic mass is 10.0. The maximum absolute atomic E-state index is 5.79. The molecule has 1 aromatic rings. The van der Waals surface area contributed by atoms with Crippen molar-refractivity contribution in [3.8, 4) is 0 Å². The summed E-state index contributed by atoms with van der Waals surface area (Å²) in [6, 6.07) is 9.26. The minimum Gasteiger partial charge on any atom is -0.374 e. The van der Waals surface area contributed by atoms with Crippen molar-refractivity contribution in [1.82, 2.24) is 0 Å². The molecule has 0 aliphatic heterocycles. The molecule has 19 heavy (non-hydrogen) atoms. The summed E-state index contributed by atoms with van der Waals surface area (Å²) in [6.45, 7) is 7.73. The van der Waals surface area contributed by atoms with Gasteiger partial charge in [0, 0.05) is 25.3 Å². The van der Waals surface area contributed by atoms with Gasteiger partial charge in [-0.25, -0.2) is 0 Å². The number of rotatable bonds is 8. The van der Waals surface area contributed by atoms with Crippen LogP contribution in [-0.4, -0.2) is 19.6 Å². The summed E-state index contributed by atoms with van der Waals surface area (Å²) in [7, 11) is 2.18. The number of nitrogens with two attached hydrogens (primary N) is 1. The first-order chi connectivity index (χ1) is 9.02. The smallest absolute Gasteiger partial charge is 0.0363 e. The monoisotopic (exact) mass is 262 g/mol. The molecule has 0 aromatic heterocycles. The highest BCUT2D eigenvalue weighted by atomic mass is 15.1. The quantitative estimate of drug-likeness (QED) is 0.771. The lowest BCUT2D eigenvalue weighted by molar-refractivity contribution is 0.481. The zero-order chi connectivity index (χ0) is 14.3. The van der Waals surface area contributed by atoms with Gasteiger partial charge in [-0.1, -0.05) is 32.4 Å². The first-order valence-electron chi connectivity index (χ1n) is 7.58. The molecule has 0 amide bonds. The van der Waals surface area contributed by atoms with Gasteiger partial charge in [-0.3, -0.25) is 0 Å². The fourth-order valence-corrected chi connectivity index (χ4v) is 2.44.